The summed E-state index contributed by atoms with van der Waals surface area (Å²) in [5, 5.41) is 13.3. The zero-order valence-electron chi connectivity index (χ0n) is 10.3. The molecule has 1 aromatic carbocycles. The molecule has 4 nitrogen and oxygen atoms in total. The van der Waals surface area contributed by atoms with Crippen LogP contribution in [0.2, 0.25) is 0 Å². The molecule has 3 rings (SSSR count). The highest BCUT2D eigenvalue weighted by molar-refractivity contribution is 6.30. The summed E-state index contributed by atoms with van der Waals surface area (Å²) < 4.78 is 14.0. The second kappa shape index (κ2) is 5.09. The second-order valence-electron chi connectivity index (χ2n) is 4.43. The van der Waals surface area contributed by atoms with E-state index in [1.165, 1.54) is 24.5 Å². The first-order valence-electron chi connectivity index (χ1n) is 6.03. The third kappa shape index (κ3) is 2.32. The third-order valence-corrected chi connectivity index (χ3v) is 3.41. The zero-order chi connectivity index (χ0) is 14.1. The minimum absolute atomic E-state index is 0.119. The van der Waals surface area contributed by atoms with Gasteiger partial charge in [-0.05, 0) is 18.2 Å². The Balaban J connectivity index is 1.95. The Morgan fingerprint density at radius 3 is 3.00 bits per heavy atom. The molecule has 0 fully saturated rings. The molecule has 2 aromatic rings. The predicted molar refractivity (Wildman–Crippen MR) is 76.6 cm³/mol. The maximum atomic E-state index is 14.0. The van der Waals surface area contributed by atoms with E-state index >= 15 is 0 Å². The average Bonchev–Trinajstić information content (AvgIpc) is 2.44. The number of alkyl halides is 1. The summed E-state index contributed by atoms with van der Waals surface area (Å²) in [6, 6.07) is 4.16. The van der Waals surface area contributed by atoms with Gasteiger partial charge in [-0.2, -0.15) is 0 Å². The Morgan fingerprint density at radius 2 is 2.15 bits per heavy atom. The molecule has 6 heteroatoms. The van der Waals surface area contributed by atoms with Gasteiger partial charge in [0.2, 0.25) is 0 Å². The van der Waals surface area contributed by atoms with Gasteiger partial charge < -0.3 is 10.4 Å². The number of allylic oxidation sites excluding steroid dienone is 2. The molecule has 2 unspecified atom stereocenters. The van der Waals surface area contributed by atoms with Gasteiger partial charge in [-0.1, -0.05) is 23.8 Å². The molecule has 102 valence electrons. The van der Waals surface area contributed by atoms with Gasteiger partial charge in [0, 0.05) is 11.5 Å². The fourth-order valence-electron chi connectivity index (χ4n) is 2.07. The quantitative estimate of drug-likeness (QED) is 0.892. The molecular formula is C14H11ClFN3O. The molecule has 1 heterocycles. The van der Waals surface area contributed by atoms with E-state index in [4.69, 9.17) is 11.6 Å². The molecule has 2 N–H and O–H groups in total. The summed E-state index contributed by atoms with van der Waals surface area (Å²) in [6.07, 6.45) is 4.96. The van der Waals surface area contributed by atoms with E-state index in [2.05, 4.69) is 15.3 Å². The maximum absolute atomic E-state index is 14.0. The number of hydrogen-bond donors (Lipinski definition) is 2. The Kier molecular flexibility index (Phi) is 3.28. The van der Waals surface area contributed by atoms with Crippen LogP contribution >= 0.6 is 11.6 Å². The van der Waals surface area contributed by atoms with Crippen molar-refractivity contribution in [1.29, 1.82) is 0 Å². The van der Waals surface area contributed by atoms with Crippen molar-refractivity contribution in [2.75, 3.05) is 5.32 Å². The van der Waals surface area contributed by atoms with Crippen LogP contribution in [-0.2, 0) is 0 Å². The predicted octanol–water partition coefficient (Wildman–Crippen LogP) is 3.15. The first-order chi connectivity index (χ1) is 9.65. The van der Waals surface area contributed by atoms with Gasteiger partial charge >= 0.3 is 0 Å². The van der Waals surface area contributed by atoms with Gasteiger partial charge in [0.05, 0.1) is 16.6 Å². The molecule has 1 aromatic heterocycles. The number of aromatic hydroxyl groups is 1. The summed E-state index contributed by atoms with van der Waals surface area (Å²) in [5.41, 5.74) is 0.583. The minimum atomic E-state index is -1.32. The fourth-order valence-corrected chi connectivity index (χ4v) is 2.28. The van der Waals surface area contributed by atoms with Crippen molar-refractivity contribution in [3.63, 3.8) is 0 Å². The van der Waals surface area contributed by atoms with Crippen LogP contribution in [-0.4, -0.2) is 27.3 Å². The number of rotatable bonds is 2. The van der Waals surface area contributed by atoms with E-state index in [1.807, 2.05) is 0 Å². The van der Waals surface area contributed by atoms with Crippen molar-refractivity contribution < 1.29 is 9.50 Å². The van der Waals surface area contributed by atoms with Crippen LogP contribution in [0.1, 0.15) is 0 Å². The van der Waals surface area contributed by atoms with E-state index in [-0.39, 0.29) is 10.8 Å². The van der Waals surface area contributed by atoms with Gasteiger partial charge in [-0.15, -0.1) is 0 Å². The van der Waals surface area contributed by atoms with Gasteiger partial charge in [-0.25, -0.2) is 14.4 Å². The standard InChI is InChI=1S/C14H11ClFN3O/c15-10-2-1-3-11(13(10)16)19-14-9-5-4-8(20)6-12(9)17-7-18-14/h1-7,11,13,20H,(H,17,18,19). The highest BCUT2D eigenvalue weighted by Gasteiger charge is 2.24. The molecule has 0 amide bonds. The van der Waals surface area contributed by atoms with Crippen LogP contribution in [0, 0.1) is 0 Å². The van der Waals surface area contributed by atoms with Crippen molar-refractivity contribution in [3.8, 4) is 5.75 Å². The summed E-state index contributed by atoms with van der Waals surface area (Å²) in [4.78, 5) is 8.19. The van der Waals surface area contributed by atoms with Crippen LogP contribution in [0.25, 0.3) is 10.9 Å². The largest absolute Gasteiger partial charge is 0.508 e. The molecule has 1 aliphatic carbocycles. The third-order valence-electron chi connectivity index (χ3n) is 3.08. The van der Waals surface area contributed by atoms with Gasteiger partial charge in [0.25, 0.3) is 0 Å². The van der Waals surface area contributed by atoms with Crippen molar-refractivity contribution in [2.24, 2.45) is 0 Å². The lowest BCUT2D eigenvalue weighted by Crippen LogP contribution is -2.30. The summed E-state index contributed by atoms with van der Waals surface area (Å²) >= 11 is 5.80. The van der Waals surface area contributed by atoms with Crippen LogP contribution in [0.5, 0.6) is 5.75 Å². The lowest BCUT2D eigenvalue weighted by Gasteiger charge is -2.22. The number of halogens is 2. The highest BCUT2D eigenvalue weighted by Crippen LogP contribution is 2.27. The second-order valence-corrected chi connectivity index (χ2v) is 4.87. The van der Waals surface area contributed by atoms with Gasteiger partial charge in [0.15, 0.2) is 6.17 Å². The Bertz CT molecular complexity index is 717. The van der Waals surface area contributed by atoms with Crippen LogP contribution in [0.15, 0.2) is 47.8 Å². The number of anilines is 1. The summed E-state index contributed by atoms with van der Waals surface area (Å²) in [6.45, 7) is 0. The molecule has 0 saturated carbocycles. The Morgan fingerprint density at radius 1 is 1.30 bits per heavy atom. The van der Waals surface area contributed by atoms with Gasteiger partial charge in [-0.3, -0.25) is 0 Å². The minimum Gasteiger partial charge on any atom is -0.508 e. The lowest BCUT2D eigenvalue weighted by molar-refractivity contribution is 0.373. The zero-order valence-corrected chi connectivity index (χ0v) is 11.0. The number of phenols is 1. The number of nitrogens with zero attached hydrogens (tertiary/aromatic N) is 2. The molecule has 0 saturated heterocycles. The van der Waals surface area contributed by atoms with Crippen molar-refractivity contribution in [3.05, 3.63) is 47.8 Å². The fraction of sp³-hybridized carbons (Fsp3) is 0.143. The van der Waals surface area contributed by atoms with Crippen LogP contribution in [0.3, 0.4) is 0 Å². The number of aromatic nitrogens is 2. The Hall–Kier alpha value is -2.14. The topological polar surface area (TPSA) is 58.0 Å². The molecule has 0 radical (unpaired) electrons. The Labute approximate surface area is 119 Å². The summed E-state index contributed by atoms with van der Waals surface area (Å²) in [7, 11) is 0. The smallest absolute Gasteiger partial charge is 0.159 e. The molecule has 0 bridgehead atoms. The summed E-state index contributed by atoms with van der Waals surface area (Å²) in [5.74, 6) is 0.618. The monoisotopic (exact) mass is 291 g/mol. The SMILES string of the molecule is Oc1ccc2c(NC3C=CC=C(Cl)C3F)ncnc2c1. The first kappa shape index (κ1) is 12.9. The first-order valence-corrected chi connectivity index (χ1v) is 6.41. The highest BCUT2D eigenvalue weighted by atomic mass is 35.5. The maximum Gasteiger partial charge on any atom is 0.159 e. The molecule has 0 spiro atoms. The van der Waals surface area contributed by atoms with E-state index in [0.717, 1.165) is 0 Å². The van der Waals surface area contributed by atoms with Crippen LogP contribution in [0.4, 0.5) is 10.2 Å². The molecule has 2 atom stereocenters. The van der Waals surface area contributed by atoms with Crippen molar-refractivity contribution >= 4 is 28.3 Å². The number of hydrogen-bond acceptors (Lipinski definition) is 4. The average molecular weight is 292 g/mol. The van der Waals surface area contributed by atoms with E-state index in [1.54, 1.807) is 18.2 Å². The van der Waals surface area contributed by atoms with Gasteiger partial charge in [0.1, 0.15) is 17.9 Å². The molecule has 20 heavy (non-hydrogen) atoms. The molecule has 0 aliphatic heterocycles. The lowest BCUT2D eigenvalue weighted by atomic mass is 10.1. The number of phenolic OH excluding ortho intramolecular Hbond substituents is 1. The molecular weight excluding hydrogens is 281 g/mol. The van der Waals surface area contributed by atoms with E-state index in [0.29, 0.717) is 16.7 Å². The van der Waals surface area contributed by atoms with E-state index in [9.17, 15) is 9.50 Å². The normalized spacial score (nSPS) is 21.8. The van der Waals surface area contributed by atoms with Crippen molar-refractivity contribution in [2.45, 2.75) is 12.2 Å². The number of fused-ring (bicyclic) bond motifs is 1. The van der Waals surface area contributed by atoms with E-state index < -0.39 is 12.2 Å². The van der Waals surface area contributed by atoms with Crippen LogP contribution < -0.4 is 5.32 Å². The van der Waals surface area contributed by atoms with Crippen molar-refractivity contribution in [1.82, 2.24) is 9.97 Å². The molecule has 1 aliphatic rings. The number of benzene rings is 1. The number of nitrogens with one attached hydrogen (secondary N) is 1.